The Kier molecular flexibility index (Phi) is 5.91. The molecule has 0 aromatic heterocycles. The lowest BCUT2D eigenvalue weighted by atomic mass is 9.79. The minimum Gasteiger partial charge on any atom is -0.356 e. The van der Waals surface area contributed by atoms with Crippen LogP contribution in [0.5, 0.6) is 0 Å². The van der Waals surface area contributed by atoms with Crippen LogP contribution in [0.1, 0.15) is 37.7 Å². The predicted molar refractivity (Wildman–Crippen MR) is 86.6 cm³/mol. The van der Waals surface area contributed by atoms with Crippen LogP contribution in [0.2, 0.25) is 0 Å². The van der Waals surface area contributed by atoms with Crippen molar-refractivity contribution in [2.45, 2.75) is 43.7 Å². The van der Waals surface area contributed by atoms with Crippen LogP contribution in [0.15, 0.2) is 35.3 Å². The number of hydrogen-bond donors (Lipinski definition) is 2. The molecule has 0 radical (unpaired) electrons. The zero-order valence-electron chi connectivity index (χ0n) is 13.4. The van der Waals surface area contributed by atoms with E-state index in [4.69, 9.17) is 0 Å². The molecule has 3 nitrogen and oxygen atoms in total. The number of alkyl halides is 3. The van der Waals surface area contributed by atoms with Crippen LogP contribution in [0.25, 0.3) is 0 Å². The highest BCUT2D eigenvalue weighted by atomic mass is 19.4. The minimum absolute atomic E-state index is 0.0446. The molecule has 1 aromatic carbocycles. The van der Waals surface area contributed by atoms with Gasteiger partial charge in [-0.25, -0.2) is 0 Å². The van der Waals surface area contributed by atoms with Crippen molar-refractivity contribution in [2.24, 2.45) is 4.99 Å². The summed E-state index contributed by atoms with van der Waals surface area (Å²) in [5.74, 6) is 0.427. The molecule has 23 heavy (non-hydrogen) atoms. The average molecular weight is 327 g/mol. The van der Waals surface area contributed by atoms with E-state index in [-0.39, 0.29) is 12.0 Å². The van der Waals surface area contributed by atoms with Crippen molar-refractivity contribution in [3.8, 4) is 0 Å². The predicted octanol–water partition coefficient (Wildman–Crippen LogP) is 3.62. The zero-order valence-corrected chi connectivity index (χ0v) is 13.4. The van der Waals surface area contributed by atoms with Crippen molar-refractivity contribution in [3.63, 3.8) is 0 Å². The third-order valence-corrected chi connectivity index (χ3v) is 4.47. The normalized spacial score (nSPS) is 18.0. The molecular formula is C17H24F3N3. The van der Waals surface area contributed by atoms with E-state index in [1.54, 1.807) is 7.05 Å². The Morgan fingerprint density at radius 1 is 1.13 bits per heavy atom. The summed E-state index contributed by atoms with van der Waals surface area (Å²) in [5.41, 5.74) is 1.33. The lowest BCUT2D eigenvalue weighted by Crippen LogP contribution is -2.45. The van der Waals surface area contributed by atoms with Gasteiger partial charge in [0.15, 0.2) is 5.96 Å². The molecule has 1 aromatic rings. The monoisotopic (exact) mass is 327 g/mol. The van der Waals surface area contributed by atoms with Crippen molar-refractivity contribution in [1.29, 1.82) is 0 Å². The number of nitrogens with one attached hydrogen (secondary N) is 2. The topological polar surface area (TPSA) is 36.4 Å². The van der Waals surface area contributed by atoms with Gasteiger partial charge in [-0.2, -0.15) is 13.2 Å². The second-order valence-corrected chi connectivity index (χ2v) is 6.07. The van der Waals surface area contributed by atoms with Crippen molar-refractivity contribution >= 4 is 5.96 Å². The van der Waals surface area contributed by atoms with E-state index in [1.165, 1.54) is 18.4 Å². The van der Waals surface area contributed by atoms with Crippen molar-refractivity contribution in [1.82, 2.24) is 10.6 Å². The van der Waals surface area contributed by atoms with Crippen molar-refractivity contribution < 1.29 is 13.2 Å². The van der Waals surface area contributed by atoms with Gasteiger partial charge in [0.2, 0.25) is 0 Å². The average Bonchev–Trinajstić information content (AvgIpc) is 3.00. The van der Waals surface area contributed by atoms with Gasteiger partial charge in [-0.1, -0.05) is 43.2 Å². The van der Waals surface area contributed by atoms with Crippen molar-refractivity contribution in [3.05, 3.63) is 35.9 Å². The summed E-state index contributed by atoms with van der Waals surface area (Å²) in [6, 6.07) is 10.3. The molecule has 0 spiro atoms. The first-order valence-electron chi connectivity index (χ1n) is 8.02. The van der Waals surface area contributed by atoms with Crippen LogP contribution in [-0.4, -0.2) is 32.3 Å². The summed E-state index contributed by atoms with van der Waals surface area (Å²) in [6.45, 7) is 0.518. The van der Waals surface area contributed by atoms with Gasteiger partial charge in [-0.05, 0) is 18.4 Å². The lowest BCUT2D eigenvalue weighted by Gasteiger charge is -2.30. The molecule has 0 saturated heterocycles. The highest BCUT2D eigenvalue weighted by molar-refractivity contribution is 5.79. The Labute approximate surface area is 135 Å². The molecule has 0 atom stereocenters. The van der Waals surface area contributed by atoms with Gasteiger partial charge in [0.1, 0.15) is 0 Å². The van der Waals surface area contributed by atoms with Crippen LogP contribution in [0.4, 0.5) is 13.2 Å². The molecule has 0 aliphatic heterocycles. The van der Waals surface area contributed by atoms with E-state index in [2.05, 4.69) is 27.8 Å². The fourth-order valence-electron chi connectivity index (χ4n) is 3.21. The fraction of sp³-hybridized carbons (Fsp3) is 0.588. The minimum atomic E-state index is -4.15. The molecule has 6 heteroatoms. The zero-order chi connectivity index (χ0) is 16.8. The molecule has 0 amide bonds. The number of hydrogen-bond acceptors (Lipinski definition) is 1. The summed E-state index contributed by atoms with van der Waals surface area (Å²) in [5, 5.41) is 5.95. The highest BCUT2D eigenvalue weighted by Crippen LogP contribution is 2.40. The molecule has 2 rings (SSSR count). The van der Waals surface area contributed by atoms with Crippen molar-refractivity contribution in [2.75, 3.05) is 20.1 Å². The second-order valence-electron chi connectivity index (χ2n) is 6.07. The lowest BCUT2D eigenvalue weighted by molar-refractivity contribution is -0.132. The summed E-state index contributed by atoms with van der Waals surface area (Å²) < 4.78 is 36.7. The van der Waals surface area contributed by atoms with Gasteiger partial charge in [-0.3, -0.25) is 4.99 Å². The van der Waals surface area contributed by atoms with E-state index in [9.17, 15) is 13.2 Å². The number of halogens is 3. The maximum Gasteiger partial charge on any atom is 0.390 e. The van der Waals surface area contributed by atoms with Gasteiger partial charge in [0.05, 0.1) is 6.42 Å². The molecule has 2 N–H and O–H groups in total. The number of aliphatic imine (C=N–C) groups is 1. The summed E-state index contributed by atoms with van der Waals surface area (Å²) >= 11 is 0. The summed E-state index contributed by atoms with van der Waals surface area (Å²) in [7, 11) is 1.58. The molecule has 1 aliphatic rings. The molecule has 1 saturated carbocycles. The molecule has 0 heterocycles. The van der Waals surface area contributed by atoms with E-state index in [1.807, 2.05) is 18.2 Å². The quantitative estimate of drug-likeness (QED) is 0.640. The third-order valence-electron chi connectivity index (χ3n) is 4.47. The Bertz CT molecular complexity index is 506. The third kappa shape index (κ3) is 5.15. The maximum atomic E-state index is 12.2. The largest absolute Gasteiger partial charge is 0.390 e. The maximum absolute atomic E-state index is 12.2. The number of guanidine groups is 1. The van der Waals surface area contributed by atoms with Gasteiger partial charge in [-0.15, -0.1) is 0 Å². The molecule has 1 aliphatic carbocycles. The first-order chi connectivity index (χ1) is 11.0. The van der Waals surface area contributed by atoms with Gasteiger partial charge in [0.25, 0.3) is 0 Å². The van der Waals surface area contributed by atoms with Crippen LogP contribution < -0.4 is 10.6 Å². The fourth-order valence-corrected chi connectivity index (χ4v) is 3.21. The molecular weight excluding hydrogens is 303 g/mol. The summed E-state index contributed by atoms with van der Waals surface area (Å²) in [4.78, 5) is 4.02. The standard InChI is InChI=1S/C17H24F3N3/c1-21-15(22-12-11-17(18,19)20)23-13-16(9-5-6-10-16)14-7-3-2-4-8-14/h2-4,7-8H,5-6,9-13H2,1H3,(H2,21,22,23). The molecule has 1 fully saturated rings. The molecule has 128 valence electrons. The highest BCUT2D eigenvalue weighted by Gasteiger charge is 2.35. The smallest absolute Gasteiger partial charge is 0.356 e. The van der Waals surface area contributed by atoms with Gasteiger partial charge >= 0.3 is 6.18 Å². The van der Waals surface area contributed by atoms with Gasteiger partial charge < -0.3 is 10.6 Å². The van der Waals surface area contributed by atoms with E-state index in [0.717, 1.165) is 12.8 Å². The van der Waals surface area contributed by atoms with Crippen LogP contribution in [-0.2, 0) is 5.41 Å². The summed E-state index contributed by atoms with van der Waals surface area (Å²) in [6.07, 6.45) is -0.486. The number of benzene rings is 1. The number of rotatable bonds is 5. The van der Waals surface area contributed by atoms with E-state index < -0.39 is 12.6 Å². The van der Waals surface area contributed by atoms with E-state index >= 15 is 0 Å². The van der Waals surface area contributed by atoms with Crippen LogP contribution in [0.3, 0.4) is 0 Å². The number of nitrogens with zero attached hydrogens (tertiary/aromatic N) is 1. The molecule has 0 unspecified atom stereocenters. The Morgan fingerprint density at radius 2 is 1.78 bits per heavy atom. The van der Waals surface area contributed by atoms with Crippen LogP contribution >= 0.6 is 0 Å². The van der Waals surface area contributed by atoms with E-state index in [0.29, 0.717) is 12.5 Å². The first kappa shape index (κ1) is 17.6. The second kappa shape index (κ2) is 7.70. The SMILES string of the molecule is CN=C(NCCC(F)(F)F)NCC1(c2ccccc2)CCCC1. The first-order valence-corrected chi connectivity index (χ1v) is 8.02. The van der Waals surface area contributed by atoms with Gasteiger partial charge in [0, 0.05) is 25.6 Å². The Balaban J connectivity index is 1.93. The Morgan fingerprint density at radius 3 is 2.35 bits per heavy atom. The van der Waals surface area contributed by atoms with Crippen LogP contribution in [0, 0.1) is 0 Å². The molecule has 0 bridgehead atoms. The Hall–Kier alpha value is -1.72.